The molecule has 2 N–H and O–H groups in total. The van der Waals surface area contributed by atoms with E-state index in [9.17, 15) is 13.2 Å². The summed E-state index contributed by atoms with van der Waals surface area (Å²) in [4.78, 5) is 0. The lowest BCUT2D eigenvalue weighted by Gasteiger charge is -2.11. The third-order valence-electron chi connectivity index (χ3n) is 2.83. The van der Waals surface area contributed by atoms with Gasteiger partial charge in [0, 0.05) is 0 Å². The number of rotatable bonds is 1. The summed E-state index contributed by atoms with van der Waals surface area (Å²) in [6, 6.07) is 0.00685. The number of nitrogen functional groups attached to an aromatic ring is 1. The molecule has 0 spiro atoms. The minimum Gasteiger partial charge on any atom is -0.383 e. The summed E-state index contributed by atoms with van der Waals surface area (Å²) >= 11 is 2.86. The highest BCUT2D eigenvalue weighted by Gasteiger charge is 2.39. The monoisotopic (exact) mass is 297 g/mol. The largest absolute Gasteiger partial charge is 0.436 e. The van der Waals surface area contributed by atoms with Gasteiger partial charge in [-0.15, -0.1) is 0 Å². The number of hydrogen-bond acceptors (Lipinski definition) is 2. The van der Waals surface area contributed by atoms with Crippen molar-refractivity contribution < 1.29 is 13.2 Å². The summed E-state index contributed by atoms with van der Waals surface area (Å²) in [5, 5.41) is 3.58. The Morgan fingerprint density at radius 1 is 1.31 bits per heavy atom. The number of anilines is 1. The molecule has 0 aliphatic heterocycles. The lowest BCUT2D eigenvalue weighted by molar-refractivity contribution is -0.142. The Morgan fingerprint density at radius 3 is 2.31 bits per heavy atom. The lowest BCUT2D eigenvalue weighted by Crippen LogP contribution is -2.12. The van der Waals surface area contributed by atoms with Crippen LogP contribution in [0, 0.1) is 0 Å². The van der Waals surface area contributed by atoms with Crippen LogP contribution in [0.5, 0.6) is 0 Å². The second kappa shape index (κ2) is 3.94. The maximum atomic E-state index is 12.6. The first-order valence-electron chi connectivity index (χ1n) is 5.02. The van der Waals surface area contributed by atoms with Crippen LogP contribution in [0.2, 0.25) is 0 Å². The minimum atomic E-state index is -4.46. The molecule has 90 valence electrons. The van der Waals surface area contributed by atoms with Crippen LogP contribution in [0.15, 0.2) is 4.47 Å². The van der Waals surface area contributed by atoms with Crippen LogP contribution in [0.1, 0.15) is 37.4 Å². The maximum absolute atomic E-state index is 12.6. The van der Waals surface area contributed by atoms with Gasteiger partial charge in [-0.05, 0) is 28.8 Å². The predicted octanol–water partition coefficient (Wildman–Crippen LogP) is 3.36. The minimum absolute atomic E-state index is 0.00685. The zero-order valence-corrected chi connectivity index (χ0v) is 9.98. The number of hydrogen-bond donors (Lipinski definition) is 1. The van der Waals surface area contributed by atoms with Crippen LogP contribution < -0.4 is 5.73 Å². The summed E-state index contributed by atoms with van der Waals surface area (Å²) in [6.07, 6.45) is -0.742. The molecule has 1 aliphatic carbocycles. The number of halogens is 4. The molecular weight excluding hydrogens is 287 g/mol. The molecule has 1 aliphatic rings. The fraction of sp³-hybridized carbons (Fsp3) is 0.667. The van der Waals surface area contributed by atoms with E-state index in [2.05, 4.69) is 21.0 Å². The van der Waals surface area contributed by atoms with Gasteiger partial charge in [-0.25, -0.2) is 4.68 Å². The first-order chi connectivity index (χ1) is 7.41. The number of aromatic nitrogens is 2. The summed E-state index contributed by atoms with van der Waals surface area (Å²) in [5.41, 5.74) is 4.70. The van der Waals surface area contributed by atoms with Gasteiger partial charge in [-0.2, -0.15) is 18.3 Å². The molecule has 0 amide bonds. The Morgan fingerprint density at radius 2 is 1.88 bits per heavy atom. The molecule has 0 bridgehead atoms. The van der Waals surface area contributed by atoms with Crippen LogP contribution >= 0.6 is 15.9 Å². The van der Waals surface area contributed by atoms with E-state index in [1.807, 2.05) is 0 Å². The molecule has 0 saturated heterocycles. The average Bonchev–Trinajstić information content (AvgIpc) is 2.75. The van der Waals surface area contributed by atoms with Gasteiger partial charge in [0.05, 0.1) is 10.5 Å². The molecule has 0 radical (unpaired) electrons. The first kappa shape index (κ1) is 11.8. The second-order valence-corrected chi connectivity index (χ2v) is 4.72. The molecule has 2 rings (SSSR count). The molecule has 1 saturated carbocycles. The Hall–Kier alpha value is -0.720. The van der Waals surface area contributed by atoms with E-state index in [-0.39, 0.29) is 16.3 Å². The Labute approximate surface area is 98.9 Å². The van der Waals surface area contributed by atoms with Crippen molar-refractivity contribution in [3.05, 3.63) is 10.2 Å². The van der Waals surface area contributed by atoms with Gasteiger partial charge < -0.3 is 5.73 Å². The van der Waals surface area contributed by atoms with Gasteiger partial charge in [0.1, 0.15) is 5.82 Å². The third-order valence-corrected chi connectivity index (χ3v) is 3.61. The van der Waals surface area contributed by atoms with Crippen molar-refractivity contribution in [2.45, 2.75) is 37.9 Å². The summed E-state index contributed by atoms with van der Waals surface area (Å²) in [7, 11) is 0. The highest BCUT2D eigenvalue weighted by Crippen LogP contribution is 2.40. The Balaban J connectivity index is 2.40. The van der Waals surface area contributed by atoms with Crippen LogP contribution in [-0.4, -0.2) is 9.78 Å². The second-order valence-electron chi connectivity index (χ2n) is 3.93. The standard InChI is InChI=1S/C9H11BrF3N3/c10-6-7(9(11,12)13)15-16(8(6)14)5-3-1-2-4-5/h5H,1-4,14H2. The van der Waals surface area contributed by atoms with Gasteiger partial charge in [0.25, 0.3) is 0 Å². The van der Waals surface area contributed by atoms with Crippen molar-refractivity contribution in [3.63, 3.8) is 0 Å². The predicted molar refractivity (Wildman–Crippen MR) is 56.8 cm³/mol. The lowest BCUT2D eigenvalue weighted by atomic mass is 10.2. The highest BCUT2D eigenvalue weighted by atomic mass is 79.9. The smallest absolute Gasteiger partial charge is 0.383 e. The van der Waals surface area contributed by atoms with E-state index in [1.165, 1.54) is 4.68 Å². The summed E-state index contributed by atoms with van der Waals surface area (Å²) in [6.45, 7) is 0. The van der Waals surface area contributed by atoms with Crippen molar-refractivity contribution in [2.24, 2.45) is 0 Å². The first-order valence-corrected chi connectivity index (χ1v) is 5.81. The van der Waals surface area contributed by atoms with Gasteiger partial charge >= 0.3 is 6.18 Å². The summed E-state index contributed by atoms with van der Waals surface area (Å²) < 4.78 is 38.9. The van der Waals surface area contributed by atoms with E-state index in [4.69, 9.17) is 5.73 Å². The van der Waals surface area contributed by atoms with Crippen molar-refractivity contribution >= 4 is 21.7 Å². The fourth-order valence-electron chi connectivity index (χ4n) is 2.04. The van der Waals surface area contributed by atoms with Crippen LogP contribution in [0.3, 0.4) is 0 Å². The molecule has 16 heavy (non-hydrogen) atoms. The van der Waals surface area contributed by atoms with E-state index < -0.39 is 11.9 Å². The van der Waals surface area contributed by atoms with Crippen LogP contribution in [-0.2, 0) is 6.18 Å². The maximum Gasteiger partial charge on any atom is 0.436 e. The molecule has 1 fully saturated rings. The molecule has 1 aromatic rings. The van der Waals surface area contributed by atoms with Crippen molar-refractivity contribution in [1.82, 2.24) is 9.78 Å². The van der Waals surface area contributed by atoms with E-state index in [1.54, 1.807) is 0 Å². The molecule has 0 atom stereocenters. The van der Waals surface area contributed by atoms with E-state index in [0.717, 1.165) is 25.7 Å². The van der Waals surface area contributed by atoms with Gasteiger partial charge in [0.15, 0.2) is 5.69 Å². The molecule has 0 unspecified atom stereocenters. The molecule has 1 heterocycles. The fourth-order valence-corrected chi connectivity index (χ4v) is 2.52. The van der Waals surface area contributed by atoms with E-state index >= 15 is 0 Å². The van der Waals surface area contributed by atoms with E-state index in [0.29, 0.717) is 0 Å². The Bertz CT molecular complexity index is 393. The quantitative estimate of drug-likeness (QED) is 0.864. The van der Waals surface area contributed by atoms with Crippen LogP contribution in [0.25, 0.3) is 0 Å². The molecule has 7 heteroatoms. The highest BCUT2D eigenvalue weighted by molar-refractivity contribution is 9.10. The average molecular weight is 298 g/mol. The molecular formula is C9H11BrF3N3. The number of nitrogens with two attached hydrogens (primary N) is 1. The van der Waals surface area contributed by atoms with Crippen molar-refractivity contribution in [2.75, 3.05) is 5.73 Å². The summed E-state index contributed by atoms with van der Waals surface area (Å²) in [5.74, 6) is 0.0687. The Kier molecular flexibility index (Phi) is 2.90. The zero-order valence-electron chi connectivity index (χ0n) is 8.39. The van der Waals surface area contributed by atoms with Crippen molar-refractivity contribution in [3.8, 4) is 0 Å². The number of nitrogens with zero attached hydrogens (tertiary/aromatic N) is 2. The SMILES string of the molecule is Nc1c(Br)c(C(F)(F)F)nn1C1CCCC1. The zero-order chi connectivity index (χ0) is 11.9. The topological polar surface area (TPSA) is 43.8 Å². The third kappa shape index (κ3) is 1.92. The van der Waals surface area contributed by atoms with Crippen LogP contribution in [0.4, 0.5) is 19.0 Å². The van der Waals surface area contributed by atoms with Gasteiger partial charge in [-0.3, -0.25) is 0 Å². The molecule has 0 aromatic carbocycles. The molecule has 3 nitrogen and oxygen atoms in total. The van der Waals surface area contributed by atoms with Gasteiger partial charge in [-0.1, -0.05) is 12.8 Å². The van der Waals surface area contributed by atoms with Gasteiger partial charge in [0.2, 0.25) is 0 Å². The normalized spacial score (nSPS) is 18.2. The molecule has 1 aromatic heterocycles. The number of alkyl halides is 3. The van der Waals surface area contributed by atoms with Crippen molar-refractivity contribution in [1.29, 1.82) is 0 Å².